The van der Waals surface area contributed by atoms with E-state index in [-0.39, 0.29) is 5.75 Å². The predicted molar refractivity (Wildman–Crippen MR) is 73.3 cm³/mol. The van der Waals surface area contributed by atoms with Crippen molar-refractivity contribution in [3.63, 3.8) is 0 Å². The molecular weight excluding hydrogens is 316 g/mol. The molecule has 5 heteroatoms. The highest BCUT2D eigenvalue weighted by molar-refractivity contribution is 9.10. The molecule has 0 radical (unpaired) electrons. The van der Waals surface area contributed by atoms with Crippen LogP contribution in [0.4, 0.5) is 8.78 Å². The molecule has 0 aromatic heterocycles. The molecule has 2 aromatic carbocycles. The van der Waals surface area contributed by atoms with Gasteiger partial charge in [-0.05, 0) is 42.8 Å². The Morgan fingerprint density at radius 2 is 1.95 bits per heavy atom. The van der Waals surface area contributed by atoms with Crippen molar-refractivity contribution in [1.82, 2.24) is 0 Å². The molecule has 0 heterocycles. The van der Waals surface area contributed by atoms with Crippen molar-refractivity contribution in [2.45, 2.75) is 6.42 Å². The molecule has 2 N–H and O–H groups in total. The summed E-state index contributed by atoms with van der Waals surface area (Å²) in [5, 5.41) is 0. The number of rotatable bonds is 4. The van der Waals surface area contributed by atoms with Crippen LogP contribution in [0, 0.1) is 11.6 Å². The molecule has 2 rings (SSSR count). The molecule has 0 aliphatic carbocycles. The largest absolute Gasteiger partial charge is 0.454 e. The Kier molecular flexibility index (Phi) is 4.50. The second kappa shape index (κ2) is 6.12. The Morgan fingerprint density at radius 3 is 2.68 bits per heavy atom. The van der Waals surface area contributed by atoms with Gasteiger partial charge in [0.15, 0.2) is 11.6 Å². The van der Waals surface area contributed by atoms with Crippen LogP contribution in [0.3, 0.4) is 0 Å². The summed E-state index contributed by atoms with van der Waals surface area (Å²) in [5.74, 6) is -1.67. The first-order chi connectivity index (χ1) is 9.10. The summed E-state index contributed by atoms with van der Waals surface area (Å²) in [4.78, 5) is 0. The topological polar surface area (TPSA) is 35.2 Å². The molecule has 0 aliphatic heterocycles. The van der Waals surface area contributed by atoms with Gasteiger partial charge < -0.3 is 10.5 Å². The molecule has 0 unspecified atom stereocenters. The minimum atomic E-state index is -1.01. The van der Waals surface area contributed by atoms with Crippen LogP contribution in [0.2, 0.25) is 0 Å². The van der Waals surface area contributed by atoms with Gasteiger partial charge in [-0.25, -0.2) is 4.39 Å². The zero-order valence-electron chi connectivity index (χ0n) is 10.00. The summed E-state index contributed by atoms with van der Waals surface area (Å²) < 4.78 is 32.6. The number of ether oxygens (including phenoxy) is 1. The van der Waals surface area contributed by atoms with E-state index in [1.165, 1.54) is 6.07 Å². The molecule has 2 aromatic rings. The summed E-state index contributed by atoms with van der Waals surface area (Å²) in [6.07, 6.45) is 0.701. The maximum atomic E-state index is 13.6. The third kappa shape index (κ3) is 3.52. The van der Waals surface area contributed by atoms with E-state index in [4.69, 9.17) is 10.5 Å². The van der Waals surface area contributed by atoms with E-state index >= 15 is 0 Å². The lowest BCUT2D eigenvalue weighted by Crippen LogP contribution is -2.02. The van der Waals surface area contributed by atoms with Gasteiger partial charge in [-0.1, -0.05) is 28.1 Å². The van der Waals surface area contributed by atoms with Crippen molar-refractivity contribution in [2.24, 2.45) is 5.73 Å². The highest BCUT2D eigenvalue weighted by atomic mass is 79.9. The molecule has 0 saturated carbocycles. The fourth-order valence-electron chi connectivity index (χ4n) is 1.66. The van der Waals surface area contributed by atoms with Crippen LogP contribution in [0.5, 0.6) is 11.5 Å². The van der Waals surface area contributed by atoms with E-state index in [1.807, 2.05) is 6.07 Å². The van der Waals surface area contributed by atoms with Crippen molar-refractivity contribution in [1.29, 1.82) is 0 Å². The number of nitrogens with two attached hydrogens (primary N) is 1. The van der Waals surface area contributed by atoms with Crippen molar-refractivity contribution >= 4 is 15.9 Å². The first-order valence-electron chi connectivity index (χ1n) is 5.71. The third-order valence-electron chi connectivity index (χ3n) is 2.52. The van der Waals surface area contributed by atoms with Crippen LogP contribution in [0.1, 0.15) is 5.56 Å². The van der Waals surface area contributed by atoms with Crippen LogP contribution in [-0.4, -0.2) is 6.54 Å². The zero-order chi connectivity index (χ0) is 13.8. The maximum absolute atomic E-state index is 13.6. The van der Waals surface area contributed by atoms with Crippen molar-refractivity contribution in [2.75, 3.05) is 6.54 Å². The normalized spacial score (nSPS) is 10.5. The average Bonchev–Trinajstić information content (AvgIpc) is 2.36. The molecule has 19 heavy (non-hydrogen) atoms. The molecule has 2 nitrogen and oxygen atoms in total. The lowest BCUT2D eigenvalue weighted by molar-refractivity contribution is 0.415. The molecule has 0 spiro atoms. The van der Waals surface area contributed by atoms with Crippen molar-refractivity contribution in [3.05, 3.63) is 58.1 Å². The zero-order valence-corrected chi connectivity index (χ0v) is 11.6. The van der Waals surface area contributed by atoms with E-state index in [0.29, 0.717) is 23.2 Å². The minimum absolute atomic E-state index is 0.156. The highest BCUT2D eigenvalue weighted by Gasteiger charge is 2.12. The van der Waals surface area contributed by atoms with Crippen LogP contribution in [0.25, 0.3) is 0 Å². The van der Waals surface area contributed by atoms with E-state index in [9.17, 15) is 8.78 Å². The Hall–Kier alpha value is -1.46. The summed E-state index contributed by atoms with van der Waals surface area (Å²) in [7, 11) is 0. The Bertz CT molecular complexity index is 590. The van der Waals surface area contributed by atoms with E-state index in [0.717, 1.165) is 11.6 Å². The lowest BCUT2D eigenvalue weighted by atomic mass is 10.1. The number of hydrogen-bond acceptors (Lipinski definition) is 2. The van der Waals surface area contributed by atoms with Gasteiger partial charge in [-0.15, -0.1) is 0 Å². The van der Waals surface area contributed by atoms with Gasteiger partial charge in [0.2, 0.25) is 5.82 Å². The molecule has 0 amide bonds. The monoisotopic (exact) mass is 327 g/mol. The molecule has 0 bridgehead atoms. The molecular formula is C14H12BrF2NO. The Morgan fingerprint density at radius 1 is 1.16 bits per heavy atom. The number of benzene rings is 2. The fourth-order valence-corrected chi connectivity index (χ4v) is 2.07. The smallest absolute Gasteiger partial charge is 0.201 e. The van der Waals surface area contributed by atoms with Gasteiger partial charge in [-0.3, -0.25) is 0 Å². The minimum Gasteiger partial charge on any atom is -0.454 e. The molecule has 0 aliphatic rings. The second-order valence-corrected chi connectivity index (χ2v) is 4.90. The lowest BCUT2D eigenvalue weighted by Gasteiger charge is -2.09. The Balaban J connectivity index is 2.28. The maximum Gasteiger partial charge on any atom is 0.201 e. The van der Waals surface area contributed by atoms with Crippen molar-refractivity contribution < 1.29 is 13.5 Å². The van der Waals surface area contributed by atoms with Gasteiger partial charge >= 0.3 is 0 Å². The summed E-state index contributed by atoms with van der Waals surface area (Å²) in [6.45, 7) is 0.517. The van der Waals surface area contributed by atoms with Gasteiger partial charge in [0.05, 0.1) is 0 Å². The van der Waals surface area contributed by atoms with Crippen LogP contribution < -0.4 is 10.5 Å². The van der Waals surface area contributed by atoms with Crippen molar-refractivity contribution in [3.8, 4) is 11.5 Å². The first kappa shape index (κ1) is 14.0. The second-order valence-electron chi connectivity index (χ2n) is 3.99. The number of halogens is 3. The number of hydrogen-bond donors (Lipinski definition) is 1. The predicted octanol–water partition coefficient (Wildman–Crippen LogP) is 4.02. The van der Waals surface area contributed by atoms with Crippen LogP contribution in [0.15, 0.2) is 40.9 Å². The van der Waals surface area contributed by atoms with E-state index in [1.54, 1.807) is 18.2 Å². The van der Waals surface area contributed by atoms with Crippen LogP contribution >= 0.6 is 15.9 Å². The average molecular weight is 328 g/mol. The van der Waals surface area contributed by atoms with E-state index < -0.39 is 11.6 Å². The molecule has 0 saturated heterocycles. The molecule has 0 fully saturated rings. The fraction of sp³-hybridized carbons (Fsp3) is 0.143. The quantitative estimate of drug-likeness (QED) is 0.861. The summed E-state index contributed by atoms with van der Waals surface area (Å²) >= 11 is 3.10. The van der Waals surface area contributed by atoms with Gasteiger partial charge in [0, 0.05) is 4.47 Å². The first-order valence-corrected chi connectivity index (χ1v) is 6.51. The van der Waals surface area contributed by atoms with Gasteiger partial charge in [-0.2, -0.15) is 4.39 Å². The van der Waals surface area contributed by atoms with E-state index in [2.05, 4.69) is 15.9 Å². The standard InChI is InChI=1S/C14H12BrF2NO/c15-10-7-12(16)14(17)13(8-10)19-11-3-1-2-9(6-11)4-5-18/h1-3,6-8H,4-5,18H2. The van der Waals surface area contributed by atoms with Crippen LogP contribution in [-0.2, 0) is 6.42 Å². The van der Waals surface area contributed by atoms with Gasteiger partial charge in [0.1, 0.15) is 5.75 Å². The summed E-state index contributed by atoms with van der Waals surface area (Å²) in [5.41, 5.74) is 6.45. The molecule has 100 valence electrons. The SMILES string of the molecule is NCCc1cccc(Oc2cc(Br)cc(F)c2F)c1. The third-order valence-corrected chi connectivity index (χ3v) is 2.98. The molecule has 0 atom stereocenters. The highest BCUT2D eigenvalue weighted by Crippen LogP contribution is 2.29. The van der Waals surface area contributed by atoms with Gasteiger partial charge in [0.25, 0.3) is 0 Å². The summed E-state index contributed by atoms with van der Waals surface area (Å²) in [6, 6.07) is 9.55. The Labute approximate surface area is 118 Å².